The fourth-order valence-corrected chi connectivity index (χ4v) is 2.44. The molecule has 1 saturated heterocycles. The zero-order valence-electron chi connectivity index (χ0n) is 9.24. The molecule has 1 aromatic rings. The van der Waals surface area contributed by atoms with Gasteiger partial charge in [-0.3, -0.25) is 4.90 Å². The van der Waals surface area contributed by atoms with Crippen molar-refractivity contribution < 1.29 is 14.7 Å². The third-order valence-corrected chi connectivity index (χ3v) is 3.11. The van der Waals surface area contributed by atoms with Crippen molar-refractivity contribution in [2.75, 3.05) is 18.0 Å². The molecule has 2 amide bonds. The molecular weight excluding hydrogens is 279 g/mol. The van der Waals surface area contributed by atoms with Crippen LogP contribution in [0.25, 0.3) is 0 Å². The Morgan fingerprint density at radius 3 is 2.72 bits per heavy atom. The second kappa shape index (κ2) is 5.04. The topological polar surface area (TPSA) is 69.6 Å². The van der Waals surface area contributed by atoms with Gasteiger partial charge in [-0.2, -0.15) is 0 Å². The fraction of sp³-hybridized carbons (Fsp3) is 0.273. The van der Waals surface area contributed by atoms with Gasteiger partial charge in [0.1, 0.15) is 0 Å². The smallest absolute Gasteiger partial charge is 0.337 e. The molecule has 0 atom stereocenters. The Bertz CT molecular complexity index is 519. The van der Waals surface area contributed by atoms with E-state index in [4.69, 9.17) is 28.3 Å². The molecule has 2 N–H and O–H groups in total. The van der Waals surface area contributed by atoms with Gasteiger partial charge in [0.15, 0.2) is 0 Å². The Morgan fingerprint density at radius 2 is 2.11 bits per heavy atom. The van der Waals surface area contributed by atoms with Gasteiger partial charge in [-0.05, 0) is 18.6 Å². The van der Waals surface area contributed by atoms with Gasteiger partial charge in [0.2, 0.25) is 0 Å². The SMILES string of the molecule is O=C(O)c1cc(Cl)cc(Cl)c1N1CCCNC1=O. The minimum atomic E-state index is -1.17. The molecular formula is C11H10Cl2N2O3. The van der Waals surface area contributed by atoms with E-state index in [0.29, 0.717) is 13.1 Å². The van der Waals surface area contributed by atoms with E-state index >= 15 is 0 Å². The standard InChI is InChI=1S/C11H10Cl2N2O3/c12-6-4-7(10(16)17)9(8(13)5-6)15-3-1-2-14-11(15)18/h4-5H,1-3H2,(H,14,18)(H,16,17). The molecule has 0 aromatic heterocycles. The molecule has 5 nitrogen and oxygen atoms in total. The van der Waals surface area contributed by atoms with Crippen LogP contribution >= 0.6 is 23.2 Å². The maximum Gasteiger partial charge on any atom is 0.337 e. The van der Waals surface area contributed by atoms with Gasteiger partial charge < -0.3 is 10.4 Å². The van der Waals surface area contributed by atoms with E-state index in [2.05, 4.69) is 5.32 Å². The Hall–Kier alpha value is -1.46. The molecule has 96 valence electrons. The van der Waals surface area contributed by atoms with E-state index in [1.807, 2.05) is 0 Å². The zero-order chi connectivity index (χ0) is 13.3. The monoisotopic (exact) mass is 288 g/mol. The highest BCUT2D eigenvalue weighted by molar-refractivity contribution is 6.38. The number of benzene rings is 1. The molecule has 0 bridgehead atoms. The molecule has 0 radical (unpaired) electrons. The van der Waals surface area contributed by atoms with E-state index in [1.54, 1.807) is 0 Å². The van der Waals surface area contributed by atoms with Crippen molar-refractivity contribution in [3.05, 3.63) is 27.7 Å². The number of amides is 2. The second-order valence-corrected chi connectivity index (χ2v) is 4.67. The van der Waals surface area contributed by atoms with E-state index < -0.39 is 5.97 Å². The Labute approximate surface area is 113 Å². The van der Waals surface area contributed by atoms with Crippen LogP contribution in [0.3, 0.4) is 0 Å². The van der Waals surface area contributed by atoms with Gasteiger partial charge >= 0.3 is 12.0 Å². The van der Waals surface area contributed by atoms with Crippen molar-refractivity contribution >= 4 is 40.9 Å². The Kier molecular flexibility index (Phi) is 3.63. The zero-order valence-corrected chi connectivity index (χ0v) is 10.8. The summed E-state index contributed by atoms with van der Waals surface area (Å²) < 4.78 is 0. The summed E-state index contributed by atoms with van der Waals surface area (Å²) in [5.74, 6) is -1.17. The number of carboxylic acid groups (broad SMARTS) is 1. The van der Waals surface area contributed by atoms with Gasteiger partial charge in [-0.1, -0.05) is 23.2 Å². The number of anilines is 1. The van der Waals surface area contributed by atoms with Crippen LogP contribution in [0, 0.1) is 0 Å². The van der Waals surface area contributed by atoms with Crippen molar-refractivity contribution in [1.29, 1.82) is 0 Å². The summed E-state index contributed by atoms with van der Waals surface area (Å²) in [6.07, 6.45) is 0.726. The summed E-state index contributed by atoms with van der Waals surface area (Å²) in [6.45, 7) is 0.996. The van der Waals surface area contributed by atoms with Crippen molar-refractivity contribution in [3.8, 4) is 0 Å². The molecule has 1 fully saturated rings. The first kappa shape index (κ1) is 13.0. The summed E-state index contributed by atoms with van der Waals surface area (Å²) in [6, 6.07) is 2.35. The number of urea groups is 1. The molecule has 18 heavy (non-hydrogen) atoms. The number of halogens is 2. The van der Waals surface area contributed by atoms with Crippen molar-refractivity contribution in [3.63, 3.8) is 0 Å². The number of rotatable bonds is 2. The van der Waals surface area contributed by atoms with Gasteiger partial charge in [0, 0.05) is 18.1 Å². The minimum Gasteiger partial charge on any atom is -0.478 e. The van der Waals surface area contributed by atoms with Gasteiger partial charge in [0.25, 0.3) is 0 Å². The number of nitrogens with one attached hydrogen (secondary N) is 1. The molecule has 0 saturated carbocycles. The number of carbonyl (C=O) groups excluding carboxylic acids is 1. The van der Waals surface area contributed by atoms with Gasteiger partial charge in [-0.15, -0.1) is 0 Å². The predicted octanol–water partition coefficient (Wildman–Crippen LogP) is 2.61. The lowest BCUT2D eigenvalue weighted by molar-refractivity contribution is 0.0697. The fourth-order valence-electron chi connectivity index (χ4n) is 1.85. The van der Waals surface area contributed by atoms with E-state index in [0.717, 1.165) is 6.42 Å². The molecule has 1 heterocycles. The highest BCUT2D eigenvalue weighted by Crippen LogP contribution is 2.34. The third kappa shape index (κ3) is 2.37. The van der Waals surface area contributed by atoms with Crippen molar-refractivity contribution in [2.45, 2.75) is 6.42 Å². The number of hydrogen-bond acceptors (Lipinski definition) is 2. The molecule has 1 aromatic carbocycles. The summed E-state index contributed by atoms with van der Waals surface area (Å²) in [5.41, 5.74) is 0.107. The normalized spacial score (nSPS) is 15.4. The van der Waals surface area contributed by atoms with Crippen LogP contribution in [0.5, 0.6) is 0 Å². The number of carbonyl (C=O) groups is 2. The second-order valence-electron chi connectivity index (χ2n) is 3.83. The molecule has 7 heteroatoms. The first-order valence-corrected chi connectivity index (χ1v) is 6.04. The highest BCUT2D eigenvalue weighted by atomic mass is 35.5. The van der Waals surface area contributed by atoms with E-state index in [9.17, 15) is 9.59 Å². The lowest BCUT2D eigenvalue weighted by atomic mass is 10.1. The quantitative estimate of drug-likeness (QED) is 0.879. The molecule has 1 aliphatic heterocycles. The van der Waals surface area contributed by atoms with E-state index in [1.165, 1.54) is 17.0 Å². The van der Waals surface area contributed by atoms with Crippen LogP contribution in [0.4, 0.5) is 10.5 Å². The Morgan fingerprint density at radius 1 is 1.39 bits per heavy atom. The van der Waals surface area contributed by atoms with Crippen molar-refractivity contribution in [2.24, 2.45) is 0 Å². The number of nitrogens with zero attached hydrogens (tertiary/aromatic N) is 1. The minimum absolute atomic E-state index is 0.0791. The van der Waals surface area contributed by atoms with E-state index in [-0.39, 0.29) is 27.3 Å². The maximum absolute atomic E-state index is 11.7. The summed E-state index contributed by atoms with van der Waals surface area (Å²) >= 11 is 11.8. The Balaban J connectivity index is 2.54. The highest BCUT2D eigenvalue weighted by Gasteiger charge is 2.26. The average molecular weight is 289 g/mol. The summed E-state index contributed by atoms with van der Waals surface area (Å²) in [4.78, 5) is 24.3. The molecule has 0 aliphatic carbocycles. The third-order valence-electron chi connectivity index (χ3n) is 2.61. The number of aromatic carboxylic acids is 1. The lowest BCUT2D eigenvalue weighted by Gasteiger charge is -2.29. The number of hydrogen-bond donors (Lipinski definition) is 2. The molecule has 1 aliphatic rings. The van der Waals surface area contributed by atoms with Crippen LogP contribution in [0.1, 0.15) is 16.8 Å². The van der Waals surface area contributed by atoms with Gasteiger partial charge in [-0.25, -0.2) is 9.59 Å². The van der Waals surface area contributed by atoms with Crippen LogP contribution in [-0.2, 0) is 0 Å². The van der Waals surface area contributed by atoms with Gasteiger partial charge in [0.05, 0.1) is 16.3 Å². The summed E-state index contributed by atoms with van der Waals surface area (Å²) in [5, 5.41) is 12.2. The van der Waals surface area contributed by atoms with Crippen LogP contribution < -0.4 is 10.2 Å². The van der Waals surface area contributed by atoms with Crippen LogP contribution in [0.2, 0.25) is 10.0 Å². The predicted molar refractivity (Wildman–Crippen MR) is 68.8 cm³/mol. The first-order valence-electron chi connectivity index (χ1n) is 5.28. The van der Waals surface area contributed by atoms with Crippen LogP contribution in [-0.4, -0.2) is 30.2 Å². The molecule has 0 unspecified atom stereocenters. The van der Waals surface area contributed by atoms with Crippen molar-refractivity contribution in [1.82, 2.24) is 5.32 Å². The maximum atomic E-state index is 11.7. The summed E-state index contributed by atoms with van der Waals surface area (Å²) in [7, 11) is 0. The largest absolute Gasteiger partial charge is 0.478 e. The lowest BCUT2D eigenvalue weighted by Crippen LogP contribution is -2.47. The van der Waals surface area contributed by atoms with Crippen LogP contribution in [0.15, 0.2) is 12.1 Å². The molecule has 2 rings (SSSR count). The average Bonchev–Trinajstić information content (AvgIpc) is 2.29. The first-order chi connectivity index (χ1) is 8.50. The number of carboxylic acids is 1. The molecule has 0 spiro atoms.